The Balaban J connectivity index is 1.98. The molecular formula is C16H11BrN2. The van der Waals surface area contributed by atoms with Crippen LogP contribution in [0.1, 0.15) is 0 Å². The van der Waals surface area contributed by atoms with Crippen molar-refractivity contribution in [3.63, 3.8) is 0 Å². The van der Waals surface area contributed by atoms with Crippen LogP contribution in [-0.2, 0) is 0 Å². The first kappa shape index (κ1) is 12.1. The van der Waals surface area contributed by atoms with E-state index in [4.69, 9.17) is 0 Å². The van der Waals surface area contributed by atoms with E-state index in [-0.39, 0.29) is 0 Å². The molecular weight excluding hydrogens is 300 g/mol. The van der Waals surface area contributed by atoms with Crippen LogP contribution in [0.15, 0.2) is 71.5 Å². The maximum absolute atomic E-state index is 4.43. The van der Waals surface area contributed by atoms with Gasteiger partial charge in [0.25, 0.3) is 0 Å². The summed E-state index contributed by atoms with van der Waals surface area (Å²) in [5.74, 6) is 0.747. The molecule has 0 atom stereocenters. The fourth-order valence-corrected chi connectivity index (χ4v) is 2.41. The Labute approximate surface area is 120 Å². The van der Waals surface area contributed by atoms with Crippen molar-refractivity contribution in [2.75, 3.05) is 0 Å². The second-order valence-electron chi connectivity index (χ2n) is 4.14. The van der Waals surface area contributed by atoms with Gasteiger partial charge in [-0.05, 0) is 11.6 Å². The SMILES string of the molecule is Brc1ccccc1-c1cnc(-c2ccccc2)nc1. The third-order valence-electron chi connectivity index (χ3n) is 2.87. The minimum atomic E-state index is 0.747. The van der Waals surface area contributed by atoms with E-state index in [1.807, 2.05) is 67.0 Å². The molecule has 1 aromatic heterocycles. The first-order chi connectivity index (χ1) is 9.34. The molecule has 0 saturated carbocycles. The Hall–Kier alpha value is -2.00. The zero-order valence-corrected chi connectivity index (χ0v) is 11.7. The highest BCUT2D eigenvalue weighted by Gasteiger charge is 2.04. The van der Waals surface area contributed by atoms with Gasteiger partial charge in [-0.15, -0.1) is 0 Å². The topological polar surface area (TPSA) is 25.8 Å². The van der Waals surface area contributed by atoms with E-state index in [0.717, 1.165) is 27.0 Å². The molecule has 3 rings (SSSR count). The van der Waals surface area contributed by atoms with Gasteiger partial charge in [0.1, 0.15) is 0 Å². The van der Waals surface area contributed by atoms with Crippen molar-refractivity contribution in [2.24, 2.45) is 0 Å². The summed E-state index contributed by atoms with van der Waals surface area (Å²) in [5.41, 5.74) is 3.13. The Bertz CT molecular complexity index is 679. The number of aromatic nitrogens is 2. The van der Waals surface area contributed by atoms with Crippen LogP contribution in [0.3, 0.4) is 0 Å². The van der Waals surface area contributed by atoms with Crippen LogP contribution in [0, 0.1) is 0 Å². The average molecular weight is 311 g/mol. The predicted octanol–water partition coefficient (Wildman–Crippen LogP) is 4.57. The summed E-state index contributed by atoms with van der Waals surface area (Å²) in [6, 6.07) is 18.0. The smallest absolute Gasteiger partial charge is 0.159 e. The lowest BCUT2D eigenvalue weighted by atomic mass is 10.1. The molecule has 3 aromatic rings. The maximum atomic E-state index is 4.43. The van der Waals surface area contributed by atoms with Gasteiger partial charge in [-0.3, -0.25) is 0 Å². The monoisotopic (exact) mass is 310 g/mol. The lowest BCUT2D eigenvalue weighted by Gasteiger charge is -2.05. The van der Waals surface area contributed by atoms with E-state index in [1.165, 1.54) is 0 Å². The summed E-state index contributed by atoms with van der Waals surface area (Å²) in [6.07, 6.45) is 3.71. The summed E-state index contributed by atoms with van der Waals surface area (Å²) in [5, 5.41) is 0. The van der Waals surface area contributed by atoms with Crippen molar-refractivity contribution in [1.82, 2.24) is 9.97 Å². The van der Waals surface area contributed by atoms with E-state index in [1.54, 1.807) is 0 Å². The van der Waals surface area contributed by atoms with Crippen molar-refractivity contribution in [1.29, 1.82) is 0 Å². The first-order valence-corrected chi connectivity index (χ1v) is 6.76. The lowest BCUT2D eigenvalue weighted by molar-refractivity contribution is 1.18. The molecule has 0 bridgehead atoms. The second kappa shape index (κ2) is 5.33. The molecule has 0 radical (unpaired) electrons. The summed E-state index contributed by atoms with van der Waals surface area (Å²) >= 11 is 3.54. The third-order valence-corrected chi connectivity index (χ3v) is 3.56. The molecule has 0 amide bonds. The molecule has 19 heavy (non-hydrogen) atoms. The molecule has 0 spiro atoms. The zero-order valence-electron chi connectivity index (χ0n) is 10.1. The number of benzene rings is 2. The normalized spacial score (nSPS) is 10.4. The lowest BCUT2D eigenvalue weighted by Crippen LogP contribution is -1.89. The van der Waals surface area contributed by atoms with Crippen LogP contribution in [0.25, 0.3) is 22.5 Å². The van der Waals surface area contributed by atoms with Crippen LogP contribution in [0.4, 0.5) is 0 Å². The minimum Gasteiger partial charge on any atom is -0.236 e. The third kappa shape index (κ3) is 2.56. The van der Waals surface area contributed by atoms with Crippen LogP contribution in [0.2, 0.25) is 0 Å². The van der Waals surface area contributed by atoms with Crippen molar-refractivity contribution >= 4 is 15.9 Å². The molecule has 0 N–H and O–H groups in total. The second-order valence-corrected chi connectivity index (χ2v) is 5.00. The molecule has 2 nitrogen and oxygen atoms in total. The zero-order chi connectivity index (χ0) is 13.1. The van der Waals surface area contributed by atoms with Gasteiger partial charge in [-0.25, -0.2) is 9.97 Å². The van der Waals surface area contributed by atoms with E-state index in [0.29, 0.717) is 0 Å². The fraction of sp³-hybridized carbons (Fsp3) is 0. The van der Waals surface area contributed by atoms with E-state index in [2.05, 4.69) is 25.9 Å². The van der Waals surface area contributed by atoms with E-state index < -0.39 is 0 Å². The highest BCUT2D eigenvalue weighted by Crippen LogP contribution is 2.27. The highest BCUT2D eigenvalue weighted by atomic mass is 79.9. The van der Waals surface area contributed by atoms with E-state index in [9.17, 15) is 0 Å². The summed E-state index contributed by atoms with van der Waals surface area (Å²) in [7, 11) is 0. The Morgan fingerprint density at radius 2 is 1.32 bits per heavy atom. The quantitative estimate of drug-likeness (QED) is 0.692. The Kier molecular flexibility index (Phi) is 3.38. The Morgan fingerprint density at radius 1 is 0.684 bits per heavy atom. The van der Waals surface area contributed by atoms with Gasteiger partial charge in [0.2, 0.25) is 0 Å². The Morgan fingerprint density at radius 3 is 2.00 bits per heavy atom. The van der Waals surface area contributed by atoms with Crippen molar-refractivity contribution in [3.8, 4) is 22.5 Å². The molecule has 3 heteroatoms. The van der Waals surface area contributed by atoms with Gasteiger partial charge < -0.3 is 0 Å². The molecule has 92 valence electrons. The number of halogens is 1. The van der Waals surface area contributed by atoms with Crippen LogP contribution >= 0.6 is 15.9 Å². The first-order valence-electron chi connectivity index (χ1n) is 5.97. The molecule has 0 unspecified atom stereocenters. The molecule has 1 heterocycles. The number of nitrogens with zero attached hydrogens (tertiary/aromatic N) is 2. The predicted molar refractivity (Wildman–Crippen MR) is 80.6 cm³/mol. The van der Waals surface area contributed by atoms with Crippen molar-refractivity contribution < 1.29 is 0 Å². The molecule has 0 aliphatic carbocycles. The van der Waals surface area contributed by atoms with Gasteiger partial charge >= 0.3 is 0 Å². The molecule has 0 aliphatic rings. The number of rotatable bonds is 2. The molecule has 0 fully saturated rings. The van der Waals surface area contributed by atoms with Crippen LogP contribution in [-0.4, -0.2) is 9.97 Å². The van der Waals surface area contributed by atoms with Gasteiger partial charge in [0.15, 0.2) is 5.82 Å². The van der Waals surface area contributed by atoms with Gasteiger partial charge in [0, 0.05) is 28.0 Å². The van der Waals surface area contributed by atoms with Crippen LogP contribution in [0.5, 0.6) is 0 Å². The number of hydrogen-bond acceptors (Lipinski definition) is 2. The standard InChI is InChI=1S/C16H11BrN2/c17-15-9-5-4-8-14(15)13-10-18-16(19-11-13)12-6-2-1-3-7-12/h1-11H. The minimum absolute atomic E-state index is 0.747. The molecule has 2 aromatic carbocycles. The summed E-state index contributed by atoms with van der Waals surface area (Å²) < 4.78 is 1.05. The highest BCUT2D eigenvalue weighted by molar-refractivity contribution is 9.10. The van der Waals surface area contributed by atoms with Gasteiger partial charge in [0.05, 0.1) is 0 Å². The summed E-state index contributed by atoms with van der Waals surface area (Å²) in [6.45, 7) is 0. The van der Waals surface area contributed by atoms with Crippen molar-refractivity contribution in [2.45, 2.75) is 0 Å². The van der Waals surface area contributed by atoms with Crippen molar-refractivity contribution in [3.05, 3.63) is 71.5 Å². The van der Waals surface area contributed by atoms with E-state index >= 15 is 0 Å². The fourth-order valence-electron chi connectivity index (χ4n) is 1.90. The molecule has 0 aliphatic heterocycles. The van der Waals surface area contributed by atoms with Gasteiger partial charge in [-0.2, -0.15) is 0 Å². The van der Waals surface area contributed by atoms with Gasteiger partial charge in [-0.1, -0.05) is 64.5 Å². The maximum Gasteiger partial charge on any atom is 0.159 e. The van der Waals surface area contributed by atoms with Crippen LogP contribution < -0.4 is 0 Å². The summed E-state index contributed by atoms with van der Waals surface area (Å²) in [4.78, 5) is 8.87. The number of hydrogen-bond donors (Lipinski definition) is 0. The average Bonchev–Trinajstić information content (AvgIpc) is 2.49. The largest absolute Gasteiger partial charge is 0.236 e. The molecule has 0 saturated heterocycles.